The normalized spacial score (nSPS) is 13.6. The molecule has 3 aromatic carbocycles. The summed E-state index contributed by atoms with van der Waals surface area (Å²) >= 11 is 0. The third-order valence-corrected chi connectivity index (χ3v) is 7.81. The molecule has 0 aliphatic rings. The fraction of sp³-hybridized carbons (Fsp3) is 0.306. The van der Waals surface area contributed by atoms with Gasteiger partial charge < -0.3 is 21.3 Å². The van der Waals surface area contributed by atoms with Crippen LogP contribution in [-0.2, 0) is 17.8 Å². The number of aromatic nitrogens is 1. The molecule has 0 bridgehead atoms. The second-order valence-corrected chi connectivity index (χ2v) is 12.4. The van der Waals surface area contributed by atoms with E-state index in [1.807, 2.05) is 93.6 Å². The zero-order valence-corrected chi connectivity index (χ0v) is 26.3. The Labute approximate surface area is 265 Å². The Bertz CT molecular complexity index is 1560. The highest BCUT2D eigenvalue weighted by molar-refractivity contribution is 5.96. The Kier molecular flexibility index (Phi) is 11.1. The molecule has 0 fully saturated rings. The van der Waals surface area contributed by atoms with Crippen LogP contribution < -0.4 is 16.5 Å². The van der Waals surface area contributed by atoms with Gasteiger partial charge >= 0.3 is 0 Å². The molecule has 4 aromatic rings. The van der Waals surface area contributed by atoms with E-state index in [1.165, 1.54) is 6.07 Å². The Morgan fingerprint density at radius 2 is 1.60 bits per heavy atom. The van der Waals surface area contributed by atoms with E-state index in [0.717, 1.165) is 22.4 Å². The first kappa shape index (κ1) is 33.3. The first-order chi connectivity index (χ1) is 21.4. The third kappa shape index (κ3) is 9.21. The zero-order valence-electron chi connectivity index (χ0n) is 26.3. The number of aromatic hydroxyl groups is 1. The topological polar surface area (TPSA) is 141 Å². The van der Waals surface area contributed by atoms with E-state index in [-0.39, 0.29) is 24.7 Å². The van der Waals surface area contributed by atoms with Crippen molar-refractivity contribution in [2.75, 3.05) is 6.54 Å². The summed E-state index contributed by atoms with van der Waals surface area (Å²) in [6.45, 7) is 7.62. The minimum Gasteiger partial charge on any atom is -0.508 e. The van der Waals surface area contributed by atoms with E-state index >= 15 is 0 Å². The predicted octanol–water partition coefficient (Wildman–Crippen LogP) is 4.37. The van der Waals surface area contributed by atoms with Crippen LogP contribution >= 0.6 is 0 Å². The van der Waals surface area contributed by atoms with Crippen molar-refractivity contribution in [1.29, 1.82) is 0 Å². The van der Waals surface area contributed by atoms with Crippen LogP contribution in [0.1, 0.15) is 47.8 Å². The van der Waals surface area contributed by atoms with Gasteiger partial charge in [0.15, 0.2) is 0 Å². The summed E-state index contributed by atoms with van der Waals surface area (Å²) in [7, 11) is 0. The molecule has 3 unspecified atom stereocenters. The molecule has 0 aliphatic carbocycles. The average Bonchev–Trinajstić information content (AvgIpc) is 3.02. The van der Waals surface area contributed by atoms with Crippen LogP contribution in [0.4, 0.5) is 0 Å². The monoisotopic (exact) mass is 609 g/mol. The minimum absolute atomic E-state index is 0.00139. The third-order valence-electron chi connectivity index (χ3n) is 7.81. The second-order valence-electron chi connectivity index (χ2n) is 12.4. The number of phenolic OH excluding ortho intramolecular Hbond substituents is 1. The van der Waals surface area contributed by atoms with E-state index in [1.54, 1.807) is 30.3 Å². The summed E-state index contributed by atoms with van der Waals surface area (Å²) in [5.41, 5.74) is 13.1. The van der Waals surface area contributed by atoms with Crippen LogP contribution in [0, 0.1) is 12.3 Å². The van der Waals surface area contributed by atoms with Gasteiger partial charge in [-0.1, -0.05) is 87.5 Å². The van der Waals surface area contributed by atoms with Gasteiger partial charge in [-0.3, -0.25) is 20.0 Å². The van der Waals surface area contributed by atoms with Gasteiger partial charge in [0.25, 0.3) is 11.8 Å². The highest BCUT2D eigenvalue weighted by atomic mass is 16.3. The average molecular weight is 610 g/mol. The smallest absolute Gasteiger partial charge is 0.252 e. The number of nitrogens with zero attached hydrogens (tertiary/aromatic N) is 2. The zero-order chi connectivity index (χ0) is 32.6. The number of hydrazine groups is 1. The first-order valence-corrected chi connectivity index (χ1v) is 15.0. The number of nitrogens with two attached hydrogens (primary N) is 1. The van der Waals surface area contributed by atoms with Gasteiger partial charge in [0, 0.05) is 36.0 Å². The first-order valence-electron chi connectivity index (χ1n) is 15.0. The highest BCUT2D eigenvalue weighted by Gasteiger charge is 2.31. The second kappa shape index (κ2) is 14.9. The molecule has 1 heterocycles. The lowest BCUT2D eigenvalue weighted by Crippen LogP contribution is -2.57. The maximum absolute atomic E-state index is 13.4. The molecule has 0 radical (unpaired) electrons. The van der Waals surface area contributed by atoms with E-state index in [9.17, 15) is 19.8 Å². The summed E-state index contributed by atoms with van der Waals surface area (Å²) < 4.78 is 0. The molecule has 45 heavy (non-hydrogen) atoms. The van der Waals surface area contributed by atoms with Crippen LogP contribution in [0.15, 0.2) is 97.2 Å². The molecule has 0 spiro atoms. The molecule has 4 rings (SSSR count). The lowest BCUT2D eigenvalue weighted by atomic mass is 9.87. The fourth-order valence-electron chi connectivity index (χ4n) is 4.92. The summed E-state index contributed by atoms with van der Waals surface area (Å²) in [6, 6.07) is 26.4. The van der Waals surface area contributed by atoms with Crippen LogP contribution in [0.2, 0.25) is 0 Å². The van der Waals surface area contributed by atoms with Crippen LogP contribution in [0.25, 0.3) is 11.3 Å². The molecular formula is C36H43N5O4. The van der Waals surface area contributed by atoms with Gasteiger partial charge in [0.2, 0.25) is 0 Å². The molecule has 9 heteroatoms. The SMILES string of the molecule is Cc1c(O)cccc1C(=O)NC(Cc1ccccc1)C(O)CN(Cc1ccc(-c2ccccn2)cc1)NC(=O)C(N)C(C)(C)C. The van der Waals surface area contributed by atoms with Gasteiger partial charge in [0.1, 0.15) is 5.75 Å². The quantitative estimate of drug-likeness (QED) is 0.150. The van der Waals surface area contributed by atoms with Gasteiger partial charge in [-0.05, 0) is 54.2 Å². The van der Waals surface area contributed by atoms with E-state index in [4.69, 9.17) is 5.73 Å². The minimum atomic E-state index is -1.09. The van der Waals surface area contributed by atoms with Gasteiger partial charge in [0.05, 0.1) is 23.9 Å². The molecule has 0 saturated carbocycles. The molecule has 236 valence electrons. The van der Waals surface area contributed by atoms with Gasteiger partial charge in [-0.15, -0.1) is 0 Å². The van der Waals surface area contributed by atoms with Crippen LogP contribution in [0.5, 0.6) is 5.75 Å². The van der Waals surface area contributed by atoms with Crippen molar-refractivity contribution in [2.45, 2.75) is 58.8 Å². The van der Waals surface area contributed by atoms with E-state index in [0.29, 0.717) is 17.5 Å². The van der Waals surface area contributed by atoms with Crippen molar-refractivity contribution >= 4 is 11.8 Å². The number of benzene rings is 3. The lowest BCUT2D eigenvalue weighted by Gasteiger charge is -2.33. The van der Waals surface area contributed by atoms with Crippen molar-refractivity contribution in [1.82, 2.24) is 20.7 Å². The Morgan fingerprint density at radius 3 is 2.24 bits per heavy atom. The number of aliphatic hydroxyl groups excluding tert-OH is 1. The number of nitrogens with one attached hydrogen (secondary N) is 2. The number of hydrogen-bond acceptors (Lipinski definition) is 7. The Morgan fingerprint density at radius 1 is 0.911 bits per heavy atom. The summed E-state index contributed by atoms with van der Waals surface area (Å²) in [5, 5.41) is 26.4. The number of aliphatic hydroxyl groups is 1. The van der Waals surface area contributed by atoms with Crippen LogP contribution in [-0.4, -0.2) is 56.8 Å². The van der Waals surface area contributed by atoms with Crippen molar-refractivity contribution in [3.05, 3.63) is 119 Å². The Hall–Kier alpha value is -4.57. The molecule has 3 atom stereocenters. The number of hydrogen-bond donors (Lipinski definition) is 5. The number of carbonyl (C=O) groups is 2. The van der Waals surface area contributed by atoms with Gasteiger partial charge in [-0.2, -0.15) is 0 Å². The molecule has 6 N–H and O–H groups in total. The summed E-state index contributed by atoms with van der Waals surface area (Å²) in [4.78, 5) is 31.0. The lowest BCUT2D eigenvalue weighted by molar-refractivity contribution is -0.130. The van der Waals surface area contributed by atoms with Crippen molar-refractivity contribution in [3.8, 4) is 17.0 Å². The van der Waals surface area contributed by atoms with Crippen molar-refractivity contribution in [3.63, 3.8) is 0 Å². The molecule has 1 aromatic heterocycles. The largest absolute Gasteiger partial charge is 0.508 e. The number of carbonyl (C=O) groups excluding carboxylic acids is 2. The van der Waals surface area contributed by atoms with Crippen molar-refractivity contribution < 1.29 is 19.8 Å². The van der Waals surface area contributed by atoms with Gasteiger partial charge in [-0.25, -0.2) is 5.01 Å². The Balaban J connectivity index is 1.58. The maximum Gasteiger partial charge on any atom is 0.252 e. The molecular weight excluding hydrogens is 566 g/mol. The standard InChI is InChI=1S/C36H43N5O4/c1-24-28(13-10-15-31(24)42)34(44)39-30(21-25-11-6-5-7-12-25)32(43)23-41(40-35(45)33(37)36(2,3)4)22-26-16-18-27(19-17-26)29-14-8-9-20-38-29/h5-20,30,32-33,42-43H,21-23,37H2,1-4H3,(H,39,44)(H,40,45). The van der Waals surface area contributed by atoms with Crippen molar-refractivity contribution in [2.24, 2.45) is 11.1 Å². The maximum atomic E-state index is 13.4. The fourth-order valence-corrected chi connectivity index (χ4v) is 4.92. The molecule has 9 nitrogen and oxygen atoms in total. The number of rotatable bonds is 12. The number of pyridine rings is 1. The summed E-state index contributed by atoms with van der Waals surface area (Å²) in [6.07, 6.45) is 0.992. The number of phenols is 1. The van der Waals surface area contributed by atoms with E-state index < -0.39 is 29.5 Å². The van der Waals surface area contributed by atoms with Crippen LogP contribution in [0.3, 0.4) is 0 Å². The predicted molar refractivity (Wildman–Crippen MR) is 176 cm³/mol. The summed E-state index contributed by atoms with van der Waals surface area (Å²) in [5.74, 6) is -0.779. The highest BCUT2D eigenvalue weighted by Crippen LogP contribution is 2.22. The number of amides is 2. The molecule has 2 amide bonds. The van der Waals surface area contributed by atoms with E-state index in [2.05, 4.69) is 15.7 Å². The molecule has 0 aliphatic heterocycles. The molecule has 0 saturated heterocycles.